The molecule has 5 heterocycles. The van der Waals surface area contributed by atoms with Crippen LogP contribution < -0.4 is 0 Å². The molecule has 13 nitrogen and oxygen atoms in total. The summed E-state index contributed by atoms with van der Waals surface area (Å²) in [6.07, 6.45) is 14.0. The van der Waals surface area contributed by atoms with Crippen LogP contribution in [0, 0.1) is 37.8 Å². The van der Waals surface area contributed by atoms with Crippen LogP contribution in [0.5, 0.6) is 0 Å². The highest BCUT2D eigenvalue weighted by Gasteiger charge is 2.45. The van der Waals surface area contributed by atoms with E-state index < -0.39 is 36.7 Å². The van der Waals surface area contributed by atoms with Gasteiger partial charge in [-0.15, -0.1) is 17.4 Å². The second kappa shape index (κ2) is 15.9. The number of fused-ring (bicyclic) bond motifs is 3. The summed E-state index contributed by atoms with van der Waals surface area (Å²) in [4.78, 5) is 0. The molecule has 2 fully saturated rings. The van der Waals surface area contributed by atoms with Crippen LogP contribution in [0.25, 0.3) is 44.2 Å². The third kappa shape index (κ3) is 7.65. The fraction of sp³-hybridized carbons (Fsp3) is 0.306. The first-order valence-corrected chi connectivity index (χ1v) is 25.3. The van der Waals surface area contributed by atoms with E-state index >= 15 is 4.39 Å². The van der Waals surface area contributed by atoms with Crippen molar-refractivity contribution in [2.24, 2.45) is 0 Å². The van der Waals surface area contributed by atoms with Gasteiger partial charge in [-0.05, 0) is 140 Å². The Morgan fingerprint density at radius 1 is 0.697 bits per heavy atom. The van der Waals surface area contributed by atoms with Gasteiger partial charge in [0.25, 0.3) is 0 Å². The first-order valence-electron chi connectivity index (χ1n) is 21.6. The predicted octanol–water partition coefficient (Wildman–Crippen LogP) is 7.12. The molecule has 66 heavy (non-hydrogen) atoms. The maximum absolute atomic E-state index is 15.1. The number of terminal acetylenes is 1. The van der Waals surface area contributed by atoms with E-state index in [1.54, 1.807) is 48.9 Å². The lowest BCUT2D eigenvalue weighted by Crippen LogP contribution is -2.36. The molecule has 2 aliphatic rings. The summed E-state index contributed by atoms with van der Waals surface area (Å²) in [5, 5.41) is 20.2. The van der Waals surface area contributed by atoms with Gasteiger partial charge in [0.1, 0.15) is 17.2 Å². The molecule has 2 unspecified atom stereocenters. The number of hydrogen-bond donors (Lipinski definition) is 0. The third-order valence-corrected chi connectivity index (χ3v) is 16.3. The highest BCUT2D eigenvalue weighted by Crippen LogP contribution is 2.44. The van der Waals surface area contributed by atoms with Gasteiger partial charge >= 0.3 is 0 Å². The molecular formula is C49H47F2N9O4S2. The summed E-state index contributed by atoms with van der Waals surface area (Å²) in [5.41, 5.74) is 8.88. The van der Waals surface area contributed by atoms with Crippen LogP contribution in [0.15, 0.2) is 97.3 Å². The first kappa shape index (κ1) is 43.6. The molecular weight excluding hydrogens is 881 g/mol. The van der Waals surface area contributed by atoms with E-state index in [0.29, 0.717) is 68.6 Å². The van der Waals surface area contributed by atoms with Crippen molar-refractivity contribution in [1.82, 2.24) is 43.2 Å². The topological polar surface area (TPSA) is 141 Å². The van der Waals surface area contributed by atoms with Gasteiger partial charge in [-0.1, -0.05) is 11.3 Å². The average Bonchev–Trinajstić information content (AvgIpc) is 4.12. The van der Waals surface area contributed by atoms with Gasteiger partial charge in [-0.2, -0.15) is 10.2 Å². The molecule has 0 bridgehead atoms. The molecule has 338 valence electrons. The second-order valence-electron chi connectivity index (χ2n) is 18.2. The molecule has 2 atom stereocenters. The minimum Gasteiger partial charge on any atom is -0.240 e. The Kier molecular flexibility index (Phi) is 10.5. The van der Waals surface area contributed by atoms with E-state index in [0.717, 1.165) is 60.8 Å². The monoisotopic (exact) mass is 927 g/mol. The molecule has 17 heteroatoms. The zero-order valence-corrected chi connectivity index (χ0v) is 38.5. The lowest BCUT2D eigenvalue weighted by Gasteiger charge is -2.32. The van der Waals surface area contributed by atoms with Crippen LogP contribution >= 0.6 is 0 Å². The Morgan fingerprint density at radius 2 is 1.29 bits per heavy atom. The van der Waals surface area contributed by atoms with Crippen molar-refractivity contribution in [3.8, 4) is 23.7 Å². The van der Waals surface area contributed by atoms with Crippen molar-refractivity contribution < 1.29 is 25.6 Å². The third-order valence-electron chi connectivity index (χ3n) is 13.8. The average molecular weight is 928 g/mol. The Morgan fingerprint density at radius 3 is 1.92 bits per heavy atom. The number of aromatic nitrogens is 7. The molecule has 0 amide bonds. The maximum Gasteiger partial charge on any atom is 0.211 e. The van der Waals surface area contributed by atoms with Crippen molar-refractivity contribution in [2.75, 3.05) is 38.7 Å². The molecule has 0 radical (unpaired) electrons. The van der Waals surface area contributed by atoms with E-state index in [1.165, 1.54) is 41.1 Å². The summed E-state index contributed by atoms with van der Waals surface area (Å²) in [6.45, 7) is 5.59. The number of rotatable bonds is 11. The van der Waals surface area contributed by atoms with Crippen molar-refractivity contribution in [2.45, 2.75) is 56.9 Å². The van der Waals surface area contributed by atoms with E-state index in [1.807, 2.05) is 38.1 Å². The zero-order valence-electron chi connectivity index (χ0n) is 36.9. The van der Waals surface area contributed by atoms with E-state index in [9.17, 15) is 21.2 Å². The molecule has 2 aliphatic heterocycles. The molecule has 0 spiro atoms. The number of hydrogen-bond acceptors (Lipinski definition) is 8. The summed E-state index contributed by atoms with van der Waals surface area (Å²) >= 11 is 0. The van der Waals surface area contributed by atoms with E-state index in [2.05, 4.69) is 39.5 Å². The van der Waals surface area contributed by atoms with E-state index in [4.69, 9.17) is 11.5 Å². The number of aryl methyl sites for hydroxylation is 2. The van der Waals surface area contributed by atoms with Gasteiger partial charge in [0.15, 0.2) is 0 Å². The van der Waals surface area contributed by atoms with E-state index in [-0.39, 0.29) is 12.4 Å². The van der Waals surface area contributed by atoms with Gasteiger partial charge in [0.2, 0.25) is 20.0 Å². The minimum atomic E-state index is -3.48. The zero-order chi connectivity index (χ0) is 46.3. The fourth-order valence-corrected chi connectivity index (χ4v) is 12.3. The smallest absolute Gasteiger partial charge is 0.211 e. The standard InChI is InChI=1S/C49H47F2N9O4S2/c1-6-15-48(16-18-56(30-48)65(4,61)62)41-24-36-28-53-60(47(36)21-32(41)2)44-14-10-39(51)23-37(44)29-58-45-13-7-34(22-43(45)54-55-58)26-49(17-19-57(31-49)66(5,63)64)42-25-35-27-52-59(46(35)20-33(42)3)40-11-8-38(50)9-12-40/h1,7-14,20-25,27-28H,15-19,26,29-31H2,2-5H3. The van der Waals surface area contributed by atoms with Gasteiger partial charge in [-0.25, -0.2) is 48.3 Å². The van der Waals surface area contributed by atoms with Gasteiger partial charge in [-0.3, -0.25) is 0 Å². The lowest BCUT2D eigenvalue weighted by atomic mass is 9.73. The highest BCUT2D eigenvalue weighted by atomic mass is 32.2. The molecule has 0 N–H and O–H groups in total. The van der Waals surface area contributed by atoms with Crippen molar-refractivity contribution >= 4 is 52.9 Å². The van der Waals surface area contributed by atoms with Crippen molar-refractivity contribution in [3.05, 3.63) is 142 Å². The number of nitrogens with zero attached hydrogens (tertiary/aromatic N) is 9. The molecule has 2 saturated heterocycles. The number of benzene rings is 5. The Labute approximate surface area is 381 Å². The van der Waals surface area contributed by atoms with Crippen LogP contribution in [0.4, 0.5) is 8.78 Å². The summed E-state index contributed by atoms with van der Waals surface area (Å²) in [6, 6.07) is 25.0. The molecule has 5 aromatic carbocycles. The van der Waals surface area contributed by atoms with Crippen LogP contribution in [-0.4, -0.2) is 98.7 Å². The van der Waals surface area contributed by atoms with Gasteiger partial charge in [0.05, 0.1) is 59.4 Å². The molecule has 10 rings (SSSR count). The largest absolute Gasteiger partial charge is 0.240 e. The van der Waals surface area contributed by atoms with Gasteiger partial charge in [0, 0.05) is 59.8 Å². The molecule has 0 aliphatic carbocycles. The Bertz CT molecular complexity index is 3530. The van der Waals surface area contributed by atoms with Crippen LogP contribution in [0.2, 0.25) is 0 Å². The molecule has 3 aromatic heterocycles. The second-order valence-corrected chi connectivity index (χ2v) is 22.2. The number of sulfonamides is 2. The minimum absolute atomic E-state index is 0.187. The van der Waals surface area contributed by atoms with Crippen LogP contribution in [0.3, 0.4) is 0 Å². The normalized spacial score (nSPS) is 19.7. The Hall–Kier alpha value is -6.32. The van der Waals surface area contributed by atoms with Crippen LogP contribution in [-0.2, 0) is 43.8 Å². The van der Waals surface area contributed by atoms with Crippen molar-refractivity contribution in [1.29, 1.82) is 0 Å². The maximum atomic E-state index is 15.1. The SMILES string of the molecule is C#CCC1(c2cc3cnn(-c4ccc(F)cc4Cn4nnc5cc(CC6(c7cc8cnn(-c9ccc(F)cc9)c8cc7C)CCN(S(C)(=O)=O)C6)ccc54)c3cc2C)CCN(S(C)(=O)=O)C1. The van der Waals surface area contributed by atoms with Crippen molar-refractivity contribution in [3.63, 3.8) is 0 Å². The van der Waals surface area contributed by atoms with Crippen LogP contribution in [0.1, 0.15) is 52.6 Å². The highest BCUT2D eigenvalue weighted by molar-refractivity contribution is 7.88. The predicted molar refractivity (Wildman–Crippen MR) is 251 cm³/mol. The molecule has 0 saturated carbocycles. The Balaban J connectivity index is 0.965. The number of halogens is 2. The molecule has 8 aromatic rings. The fourth-order valence-electron chi connectivity index (χ4n) is 10.5. The quantitative estimate of drug-likeness (QED) is 0.125. The first-order chi connectivity index (χ1) is 31.4. The lowest BCUT2D eigenvalue weighted by molar-refractivity contribution is 0.416. The van der Waals surface area contributed by atoms with Gasteiger partial charge < -0.3 is 0 Å². The summed E-state index contributed by atoms with van der Waals surface area (Å²) in [7, 11) is -6.87. The summed E-state index contributed by atoms with van der Waals surface area (Å²) in [5.74, 6) is 2.05. The summed E-state index contributed by atoms with van der Waals surface area (Å²) < 4.78 is 88.1.